The molecule has 154 valence electrons. The van der Waals surface area contributed by atoms with Crippen molar-refractivity contribution in [2.45, 2.75) is 51.9 Å². The Labute approximate surface area is 170 Å². The summed E-state index contributed by atoms with van der Waals surface area (Å²) in [5, 5.41) is 0.973. The quantitative estimate of drug-likeness (QED) is 0.516. The molecule has 0 amide bonds. The number of aromatic amines is 1. The molecule has 1 N–H and O–H groups in total. The summed E-state index contributed by atoms with van der Waals surface area (Å²) in [6.45, 7) is 1.92. The third-order valence-corrected chi connectivity index (χ3v) is 5.38. The Bertz CT molecular complexity index is 1050. The highest BCUT2D eigenvalue weighted by molar-refractivity contribution is 5.87. The van der Waals surface area contributed by atoms with Crippen LogP contribution in [-0.2, 0) is 18.3 Å². The number of H-pyrrole nitrogens is 1. The Balaban J connectivity index is 1.68. The Hall–Kier alpha value is -2.89. The maximum atomic E-state index is 11.9. The van der Waals surface area contributed by atoms with Gasteiger partial charge in [-0.05, 0) is 30.4 Å². The van der Waals surface area contributed by atoms with Crippen LogP contribution in [0.4, 0.5) is 0 Å². The second-order valence-corrected chi connectivity index (χ2v) is 7.39. The van der Waals surface area contributed by atoms with E-state index in [0.717, 1.165) is 60.1 Å². The van der Waals surface area contributed by atoms with E-state index in [4.69, 9.17) is 4.74 Å². The minimum atomic E-state index is -0.0461. The number of nitrogens with zero attached hydrogens (tertiary/aromatic N) is 2. The first-order valence-electron chi connectivity index (χ1n) is 10.3. The van der Waals surface area contributed by atoms with Crippen molar-refractivity contribution in [3.63, 3.8) is 0 Å². The second kappa shape index (κ2) is 9.54. The van der Waals surface area contributed by atoms with E-state index in [1.165, 1.54) is 0 Å². The molecule has 0 spiro atoms. The van der Waals surface area contributed by atoms with Crippen LogP contribution in [0, 0.1) is 0 Å². The van der Waals surface area contributed by atoms with Gasteiger partial charge in [-0.1, -0.05) is 19.8 Å². The fraction of sp³-hybridized carbons (Fsp3) is 0.435. The van der Waals surface area contributed by atoms with E-state index in [1.54, 1.807) is 24.8 Å². The summed E-state index contributed by atoms with van der Waals surface area (Å²) in [5.41, 5.74) is 2.62. The van der Waals surface area contributed by atoms with Crippen LogP contribution in [0.3, 0.4) is 0 Å². The van der Waals surface area contributed by atoms with Crippen molar-refractivity contribution in [1.82, 2.24) is 14.5 Å². The summed E-state index contributed by atoms with van der Waals surface area (Å²) in [7, 11) is 3.39. The van der Waals surface area contributed by atoms with Crippen LogP contribution in [0.25, 0.3) is 22.2 Å². The molecule has 0 aliphatic heterocycles. The predicted octanol–water partition coefficient (Wildman–Crippen LogP) is 4.41. The number of Topliss-reactive ketones (excluding diaryl/α,β-unsaturated/α-hetero) is 1. The molecule has 0 bridgehead atoms. The van der Waals surface area contributed by atoms with Crippen molar-refractivity contribution in [2.75, 3.05) is 7.11 Å². The number of methoxy groups -OCH3 is 1. The third kappa shape index (κ3) is 4.94. The zero-order valence-electron chi connectivity index (χ0n) is 17.5. The topological polar surface area (TPSA) is 77.0 Å². The van der Waals surface area contributed by atoms with Crippen LogP contribution in [0.1, 0.15) is 51.3 Å². The van der Waals surface area contributed by atoms with E-state index in [2.05, 4.69) is 9.97 Å². The lowest BCUT2D eigenvalue weighted by Gasteiger charge is -2.11. The third-order valence-electron chi connectivity index (χ3n) is 5.38. The van der Waals surface area contributed by atoms with Gasteiger partial charge < -0.3 is 14.3 Å². The van der Waals surface area contributed by atoms with E-state index >= 15 is 0 Å². The Kier molecular flexibility index (Phi) is 6.86. The summed E-state index contributed by atoms with van der Waals surface area (Å²) >= 11 is 0. The molecular weight excluding hydrogens is 366 g/mol. The van der Waals surface area contributed by atoms with Crippen molar-refractivity contribution in [3.8, 4) is 17.0 Å². The Morgan fingerprint density at radius 3 is 2.72 bits per heavy atom. The van der Waals surface area contributed by atoms with Crippen LogP contribution in [-0.4, -0.2) is 27.4 Å². The minimum Gasteiger partial charge on any atom is -0.496 e. The number of rotatable bonds is 10. The molecule has 3 aromatic rings. The molecule has 0 radical (unpaired) electrons. The molecule has 0 unspecified atom stereocenters. The van der Waals surface area contributed by atoms with Gasteiger partial charge in [0.15, 0.2) is 0 Å². The molecule has 0 fully saturated rings. The molecule has 2 aromatic heterocycles. The number of carbonyl (C=O) groups is 1. The lowest BCUT2D eigenvalue weighted by Crippen LogP contribution is -2.15. The van der Waals surface area contributed by atoms with Crippen LogP contribution in [0.5, 0.6) is 5.75 Å². The number of ether oxygens (including phenoxy) is 1. The van der Waals surface area contributed by atoms with Gasteiger partial charge in [0.05, 0.1) is 24.5 Å². The van der Waals surface area contributed by atoms with Gasteiger partial charge in [0.25, 0.3) is 5.56 Å². The molecule has 6 heteroatoms. The van der Waals surface area contributed by atoms with Gasteiger partial charge in [-0.25, -0.2) is 4.98 Å². The van der Waals surface area contributed by atoms with Gasteiger partial charge in [-0.15, -0.1) is 0 Å². The molecule has 0 aliphatic rings. The van der Waals surface area contributed by atoms with Gasteiger partial charge >= 0.3 is 0 Å². The first-order chi connectivity index (χ1) is 14.0. The van der Waals surface area contributed by atoms with Gasteiger partial charge in [0.1, 0.15) is 17.4 Å². The number of fused-ring (bicyclic) bond motifs is 1. The number of carbonyl (C=O) groups excluding carboxylic acids is 1. The number of unbranched alkanes of at least 4 members (excludes halogenated alkanes) is 3. The van der Waals surface area contributed by atoms with Gasteiger partial charge in [-0.3, -0.25) is 9.59 Å². The van der Waals surface area contributed by atoms with Crippen molar-refractivity contribution in [2.24, 2.45) is 7.05 Å². The fourth-order valence-corrected chi connectivity index (χ4v) is 3.55. The summed E-state index contributed by atoms with van der Waals surface area (Å²) < 4.78 is 7.19. The van der Waals surface area contributed by atoms with Crippen LogP contribution >= 0.6 is 0 Å². The summed E-state index contributed by atoms with van der Waals surface area (Å²) in [4.78, 5) is 31.1. The molecule has 0 atom stereocenters. The normalized spacial score (nSPS) is 11.1. The number of benzene rings is 1. The number of imidazole rings is 1. The summed E-state index contributed by atoms with van der Waals surface area (Å²) in [6.07, 6.45) is 8.26. The van der Waals surface area contributed by atoms with E-state index in [0.29, 0.717) is 24.4 Å². The molecule has 0 aliphatic carbocycles. The van der Waals surface area contributed by atoms with Crippen molar-refractivity contribution in [1.29, 1.82) is 0 Å². The lowest BCUT2D eigenvalue weighted by atomic mass is 10.1. The number of aromatic nitrogens is 3. The van der Waals surface area contributed by atoms with E-state index in [9.17, 15) is 9.59 Å². The maximum absolute atomic E-state index is 11.9. The highest BCUT2D eigenvalue weighted by Gasteiger charge is 2.12. The van der Waals surface area contributed by atoms with Crippen molar-refractivity contribution < 1.29 is 9.53 Å². The molecule has 2 heterocycles. The fourth-order valence-electron chi connectivity index (χ4n) is 3.55. The number of hydrogen-bond acceptors (Lipinski definition) is 4. The second-order valence-electron chi connectivity index (χ2n) is 7.39. The molecule has 29 heavy (non-hydrogen) atoms. The SMILES string of the molecule is CCC(=O)CCCCCCc1ncc(-c2cc3ccc(=O)n(C)c3cc2OC)[nH]1. The zero-order chi connectivity index (χ0) is 20.8. The average molecular weight is 396 g/mol. The number of nitrogens with one attached hydrogen (secondary N) is 1. The van der Waals surface area contributed by atoms with Crippen LogP contribution in [0.2, 0.25) is 0 Å². The smallest absolute Gasteiger partial charge is 0.250 e. The zero-order valence-corrected chi connectivity index (χ0v) is 17.5. The monoisotopic (exact) mass is 395 g/mol. The Morgan fingerprint density at radius 1 is 1.17 bits per heavy atom. The molecule has 3 rings (SSSR count). The minimum absolute atomic E-state index is 0.0461. The Morgan fingerprint density at radius 2 is 1.97 bits per heavy atom. The molecule has 0 saturated heterocycles. The van der Waals surface area contributed by atoms with Crippen molar-refractivity contribution in [3.05, 3.63) is 46.6 Å². The number of hydrogen-bond donors (Lipinski definition) is 1. The predicted molar refractivity (Wildman–Crippen MR) is 115 cm³/mol. The van der Waals surface area contributed by atoms with E-state index in [1.807, 2.05) is 31.3 Å². The highest BCUT2D eigenvalue weighted by atomic mass is 16.5. The molecule has 6 nitrogen and oxygen atoms in total. The first kappa shape index (κ1) is 20.8. The largest absolute Gasteiger partial charge is 0.496 e. The molecule has 0 saturated carbocycles. The van der Waals surface area contributed by atoms with Crippen molar-refractivity contribution >= 4 is 16.7 Å². The van der Waals surface area contributed by atoms with Gasteiger partial charge in [0.2, 0.25) is 0 Å². The number of ketones is 1. The van der Waals surface area contributed by atoms with Crippen LogP contribution < -0.4 is 10.3 Å². The van der Waals surface area contributed by atoms with Gasteiger partial charge in [0, 0.05) is 44.0 Å². The van der Waals surface area contributed by atoms with E-state index in [-0.39, 0.29) is 5.56 Å². The first-order valence-corrected chi connectivity index (χ1v) is 10.3. The maximum Gasteiger partial charge on any atom is 0.250 e. The lowest BCUT2D eigenvalue weighted by molar-refractivity contribution is -0.118. The average Bonchev–Trinajstić information content (AvgIpc) is 3.21. The van der Waals surface area contributed by atoms with Crippen LogP contribution in [0.15, 0.2) is 35.3 Å². The summed E-state index contributed by atoms with van der Waals surface area (Å²) in [6, 6.07) is 7.33. The number of aryl methyl sites for hydroxylation is 2. The molecular formula is C23H29N3O3. The summed E-state index contributed by atoms with van der Waals surface area (Å²) in [5.74, 6) is 2.01. The molecule has 1 aromatic carbocycles. The highest BCUT2D eigenvalue weighted by Crippen LogP contribution is 2.32. The standard InChI is InChI=1S/C23H29N3O3/c1-4-17(27)9-7-5-6-8-10-22-24-15-19(25-22)18-13-16-11-12-23(28)26(2)20(16)14-21(18)29-3/h11-15H,4-10H2,1-3H3,(H,24,25). The van der Waals surface area contributed by atoms with E-state index < -0.39 is 0 Å². The number of pyridine rings is 1. The van der Waals surface area contributed by atoms with Gasteiger partial charge in [-0.2, -0.15) is 0 Å².